The van der Waals surface area contributed by atoms with E-state index in [0.29, 0.717) is 11.5 Å². The minimum atomic E-state index is 0.322. The largest absolute Gasteiger partial charge is 0.508 e. The molecule has 0 atom stereocenters. The lowest BCUT2D eigenvalue weighted by Crippen LogP contribution is -1.77. The number of phenolic OH excluding ortho intramolecular Hbond substituents is 2. The second kappa shape index (κ2) is 13.9. The first-order valence-corrected chi connectivity index (χ1v) is 10.2. The van der Waals surface area contributed by atoms with Crippen LogP contribution in [0, 0.1) is 0 Å². The van der Waals surface area contributed by atoms with E-state index in [4.69, 9.17) is 10.2 Å². The predicted octanol–water partition coefficient (Wildman–Crippen LogP) is 7.33. The average molecular weight is 425 g/mol. The van der Waals surface area contributed by atoms with Crippen LogP contribution in [0.15, 0.2) is 135 Å². The smallest absolute Gasteiger partial charge is 0.115 e. The van der Waals surface area contributed by atoms with E-state index >= 15 is 0 Å². The fourth-order valence-electron chi connectivity index (χ4n) is 3.00. The molecule has 32 heavy (non-hydrogen) atoms. The van der Waals surface area contributed by atoms with Crippen LogP contribution in [-0.4, -0.2) is 10.2 Å². The van der Waals surface area contributed by atoms with Gasteiger partial charge in [0.15, 0.2) is 0 Å². The van der Waals surface area contributed by atoms with Gasteiger partial charge >= 0.3 is 0 Å². The van der Waals surface area contributed by atoms with Crippen molar-refractivity contribution < 1.29 is 14.9 Å². The Morgan fingerprint density at radius 2 is 0.875 bits per heavy atom. The zero-order valence-corrected chi connectivity index (χ0v) is 18.0. The lowest BCUT2D eigenvalue weighted by Gasteiger charge is -1.98. The van der Waals surface area contributed by atoms with Gasteiger partial charge in [-0.25, -0.2) is 0 Å². The van der Waals surface area contributed by atoms with Crippen LogP contribution in [0.2, 0.25) is 0 Å². The zero-order valence-electron chi connectivity index (χ0n) is 18.0. The second-order valence-corrected chi connectivity index (χ2v) is 6.63. The highest BCUT2D eigenvalue weighted by molar-refractivity contribution is 5.76. The van der Waals surface area contributed by atoms with E-state index in [1.54, 1.807) is 48.5 Å². The molecule has 3 nitrogen and oxygen atoms in total. The Morgan fingerprint density at radius 1 is 0.531 bits per heavy atom. The highest BCUT2D eigenvalue weighted by Crippen LogP contribution is 2.35. The molecule has 162 valence electrons. The van der Waals surface area contributed by atoms with E-state index < -0.39 is 0 Å². The Morgan fingerprint density at radius 3 is 1.16 bits per heavy atom. The molecule has 0 aromatic heterocycles. The van der Waals surface area contributed by atoms with Crippen LogP contribution in [0.3, 0.4) is 0 Å². The summed E-state index contributed by atoms with van der Waals surface area (Å²) in [5.74, 6) is 0.644. The Kier molecular flexibility index (Phi) is 10.4. The number of para-hydroxylation sites is 2. The normalized spacial score (nSPS) is 9.62. The number of aromatic hydroxyl groups is 2. The van der Waals surface area contributed by atoms with Gasteiger partial charge in [0.1, 0.15) is 11.5 Å². The number of rotatable bonds is 2. The molecule has 1 aliphatic rings. The molecule has 4 aromatic rings. The molecule has 0 heterocycles. The number of ether oxygens (including phenoxy) is 1. The van der Waals surface area contributed by atoms with Gasteiger partial charge in [0.25, 0.3) is 0 Å². The number of hydrogen-bond donors (Lipinski definition) is 2. The quantitative estimate of drug-likeness (QED) is 0.292. The van der Waals surface area contributed by atoms with Gasteiger partial charge in [0, 0.05) is 0 Å². The minimum absolute atomic E-state index is 0.322. The molecule has 2 N–H and O–H groups in total. The third-order valence-electron chi connectivity index (χ3n) is 4.41. The molecule has 0 bridgehead atoms. The van der Waals surface area contributed by atoms with Crippen molar-refractivity contribution in [2.75, 3.05) is 0 Å². The first kappa shape index (κ1) is 24.0. The molecule has 0 saturated heterocycles. The van der Waals surface area contributed by atoms with E-state index in [2.05, 4.69) is 66.4 Å². The van der Waals surface area contributed by atoms with Crippen molar-refractivity contribution in [2.45, 2.75) is 6.42 Å². The van der Waals surface area contributed by atoms with Gasteiger partial charge in [0.05, 0.1) is 12.5 Å². The van der Waals surface area contributed by atoms with Crippen LogP contribution < -0.4 is 0 Å². The maximum atomic E-state index is 8.63. The van der Waals surface area contributed by atoms with Crippen LogP contribution >= 0.6 is 0 Å². The topological polar surface area (TPSA) is 49.7 Å². The molecule has 4 aromatic carbocycles. The van der Waals surface area contributed by atoms with Gasteiger partial charge < -0.3 is 14.9 Å². The Hall–Kier alpha value is -4.24. The van der Waals surface area contributed by atoms with Crippen LogP contribution in [0.5, 0.6) is 11.5 Å². The minimum Gasteiger partial charge on any atom is -0.508 e. The highest BCUT2D eigenvalue weighted by Gasteiger charge is 2.15. The SMILES string of the molecule is C=COC=C.Oc1ccccc1.Oc1ccccc1.c1ccc2c(c1)Cc1ccccc1-2. The number of hydrogen-bond acceptors (Lipinski definition) is 3. The molecule has 0 fully saturated rings. The molecule has 0 saturated carbocycles. The molecule has 0 unspecified atom stereocenters. The molecule has 0 spiro atoms. The van der Waals surface area contributed by atoms with Crippen molar-refractivity contribution >= 4 is 0 Å². The predicted molar refractivity (Wildman–Crippen MR) is 132 cm³/mol. The Bertz CT molecular complexity index is 987. The summed E-state index contributed by atoms with van der Waals surface area (Å²) < 4.78 is 4.36. The molecule has 5 rings (SSSR count). The Balaban J connectivity index is 0.000000165. The average Bonchev–Trinajstić information content (AvgIpc) is 3.21. The van der Waals surface area contributed by atoms with Crippen molar-refractivity contribution in [2.24, 2.45) is 0 Å². The van der Waals surface area contributed by atoms with Crippen LogP contribution in [-0.2, 0) is 11.2 Å². The van der Waals surface area contributed by atoms with E-state index in [9.17, 15) is 0 Å². The van der Waals surface area contributed by atoms with Crippen molar-refractivity contribution in [1.29, 1.82) is 0 Å². The van der Waals surface area contributed by atoms with Gasteiger partial charge in [-0.3, -0.25) is 0 Å². The van der Waals surface area contributed by atoms with Crippen molar-refractivity contribution in [3.05, 3.63) is 146 Å². The lowest BCUT2D eigenvalue weighted by atomic mass is 10.1. The van der Waals surface area contributed by atoms with Gasteiger partial charge in [-0.15, -0.1) is 0 Å². The molecule has 3 heteroatoms. The second-order valence-electron chi connectivity index (χ2n) is 6.63. The fraction of sp³-hybridized carbons (Fsp3) is 0.0345. The van der Waals surface area contributed by atoms with Crippen LogP contribution in [0.1, 0.15) is 11.1 Å². The van der Waals surface area contributed by atoms with Crippen molar-refractivity contribution in [3.63, 3.8) is 0 Å². The lowest BCUT2D eigenvalue weighted by molar-refractivity contribution is 0.406. The van der Waals surface area contributed by atoms with Gasteiger partial charge in [-0.1, -0.05) is 98.1 Å². The molecule has 0 radical (unpaired) electrons. The maximum Gasteiger partial charge on any atom is 0.115 e. The molecule has 0 aliphatic heterocycles. The number of benzene rings is 4. The Labute approximate surface area is 190 Å². The van der Waals surface area contributed by atoms with Gasteiger partial charge in [-0.05, 0) is 52.9 Å². The summed E-state index contributed by atoms with van der Waals surface area (Å²) in [6.45, 7) is 6.51. The molecular formula is C29H28O3. The molecular weight excluding hydrogens is 396 g/mol. The van der Waals surface area contributed by atoms with Crippen molar-refractivity contribution in [1.82, 2.24) is 0 Å². The first-order valence-electron chi connectivity index (χ1n) is 10.2. The summed E-state index contributed by atoms with van der Waals surface area (Å²) in [6, 6.07) is 34.7. The summed E-state index contributed by atoms with van der Waals surface area (Å²) in [7, 11) is 0. The van der Waals surface area contributed by atoms with Crippen molar-refractivity contribution in [3.8, 4) is 22.6 Å². The highest BCUT2D eigenvalue weighted by atomic mass is 16.5. The third-order valence-corrected chi connectivity index (χ3v) is 4.41. The van der Waals surface area contributed by atoms with Crippen LogP contribution in [0.25, 0.3) is 11.1 Å². The van der Waals surface area contributed by atoms with E-state index in [0.717, 1.165) is 6.42 Å². The molecule has 1 aliphatic carbocycles. The van der Waals surface area contributed by atoms with E-state index in [1.165, 1.54) is 34.8 Å². The summed E-state index contributed by atoms with van der Waals surface area (Å²) >= 11 is 0. The number of fused-ring (bicyclic) bond motifs is 3. The van der Waals surface area contributed by atoms with E-state index in [-0.39, 0.29) is 0 Å². The van der Waals surface area contributed by atoms with Gasteiger partial charge in [0.2, 0.25) is 0 Å². The van der Waals surface area contributed by atoms with Gasteiger partial charge in [-0.2, -0.15) is 0 Å². The molecule has 0 amide bonds. The third kappa shape index (κ3) is 8.25. The zero-order chi connectivity index (χ0) is 23.0. The summed E-state index contributed by atoms with van der Waals surface area (Å²) in [4.78, 5) is 0. The monoisotopic (exact) mass is 424 g/mol. The number of phenols is 2. The summed E-state index contributed by atoms with van der Waals surface area (Å²) in [5, 5.41) is 17.3. The maximum absolute atomic E-state index is 8.63. The fourth-order valence-corrected chi connectivity index (χ4v) is 3.00. The first-order chi connectivity index (χ1) is 15.7. The summed E-state index contributed by atoms with van der Waals surface area (Å²) in [6.07, 6.45) is 3.73. The van der Waals surface area contributed by atoms with Crippen LogP contribution in [0.4, 0.5) is 0 Å². The summed E-state index contributed by atoms with van der Waals surface area (Å²) in [5.41, 5.74) is 5.75. The van der Waals surface area contributed by atoms with E-state index in [1.807, 2.05) is 12.1 Å². The standard InChI is InChI=1S/C13H10.2C6H6O.C4H6O/c1-3-7-12-10(5-1)9-11-6-2-4-8-13(11)12;2*7-6-4-2-1-3-5-6;1-3-5-4-2/h1-8H,9H2;2*1-5,7H;3-4H,1-2H2.